The van der Waals surface area contributed by atoms with E-state index in [1.54, 1.807) is 21.9 Å². The molecule has 0 radical (unpaired) electrons. The summed E-state index contributed by atoms with van der Waals surface area (Å²) in [4.78, 5) is 26.8. The van der Waals surface area contributed by atoms with Crippen LogP contribution in [0.15, 0.2) is 88.4 Å². The summed E-state index contributed by atoms with van der Waals surface area (Å²) in [6.07, 6.45) is 3.18. The molecule has 0 fully saturated rings. The van der Waals surface area contributed by atoms with Gasteiger partial charge in [-0.1, -0.05) is 42.5 Å². The Hall–Kier alpha value is -3.67. The second-order valence-corrected chi connectivity index (χ2v) is 6.81. The second kappa shape index (κ2) is 8.56. The predicted molar refractivity (Wildman–Crippen MR) is 110 cm³/mol. The van der Waals surface area contributed by atoms with Gasteiger partial charge < -0.3 is 9.32 Å². The van der Waals surface area contributed by atoms with Crippen molar-refractivity contribution in [2.45, 2.75) is 26.1 Å². The van der Waals surface area contributed by atoms with Crippen molar-refractivity contribution in [3.63, 3.8) is 0 Å². The number of benzene rings is 2. The number of aryl methyl sites for hydroxylation is 1. The molecule has 0 aliphatic heterocycles. The molecular weight excluding hydrogens is 366 g/mol. The smallest absolute Gasteiger partial charge is 0.225 e. The fourth-order valence-corrected chi connectivity index (χ4v) is 3.33. The first-order valence-electron chi connectivity index (χ1n) is 9.49. The maximum absolute atomic E-state index is 13.0. The lowest BCUT2D eigenvalue weighted by Gasteiger charge is -2.22. The molecule has 2 heterocycles. The first kappa shape index (κ1) is 18.7. The Labute approximate surface area is 168 Å². The van der Waals surface area contributed by atoms with Gasteiger partial charge in [0.25, 0.3) is 0 Å². The van der Waals surface area contributed by atoms with E-state index in [1.807, 2.05) is 60.7 Å². The molecule has 1 amide bonds. The second-order valence-electron chi connectivity index (χ2n) is 6.81. The van der Waals surface area contributed by atoms with Gasteiger partial charge in [-0.15, -0.1) is 0 Å². The van der Waals surface area contributed by atoms with Crippen LogP contribution in [0.1, 0.15) is 17.7 Å². The molecule has 0 saturated carbocycles. The molecule has 2 aromatic carbocycles. The minimum atomic E-state index is -0.119. The lowest BCUT2D eigenvalue weighted by atomic mass is 10.2. The van der Waals surface area contributed by atoms with Crippen molar-refractivity contribution in [3.8, 4) is 0 Å². The summed E-state index contributed by atoms with van der Waals surface area (Å²) in [7, 11) is 0. The Kier molecular flexibility index (Phi) is 5.52. The molecule has 0 N–H and O–H groups in total. The average Bonchev–Trinajstić information content (AvgIpc) is 3.27. The number of nitrogens with zero attached hydrogens (tertiary/aromatic N) is 3. The highest BCUT2D eigenvalue weighted by molar-refractivity contribution is 5.79. The number of rotatable bonds is 7. The number of para-hydroxylation sites is 1. The first-order valence-corrected chi connectivity index (χ1v) is 9.49. The van der Waals surface area contributed by atoms with Gasteiger partial charge in [-0.3, -0.25) is 14.3 Å². The maximum atomic E-state index is 13.0. The summed E-state index contributed by atoms with van der Waals surface area (Å²) in [5, 5.41) is 4.82. The van der Waals surface area contributed by atoms with E-state index >= 15 is 0 Å². The maximum Gasteiger partial charge on any atom is 0.225 e. The van der Waals surface area contributed by atoms with Gasteiger partial charge in [-0.05, 0) is 29.8 Å². The molecule has 0 spiro atoms. The molecule has 29 heavy (non-hydrogen) atoms. The fraction of sp³-hybridized carbons (Fsp3) is 0.174. The number of carbonyl (C=O) groups is 1. The molecule has 0 bridgehead atoms. The molecule has 6 heteroatoms. The molecule has 0 aliphatic carbocycles. The van der Waals surface area contributed by atoms with Gasteiger partial charge in [-0.2, -0.15) is 5.10 Å². The topological polar surface area (TPSA) is 68.3 Å². The van der Waals surface area contributed by atoms with Crippen LogP contribution in [0, 0.1) is 0 Å². The number of hydrogen-bond donors (Lipinski definition) is 0. The Morgan fingerprint density at radius 1 is 0.966 bits per heavy atom. The van der Waals surface area contributed by atoms with Gasteiger partial charge in [0.15, 0.2) is 0 Å². The van der Waals surface area contributed by atoms with Crippen molar-refractivity contribution in [3.05, 3.63) is 101 Å². The number of hydrogen-bond acceptors (Lipinski definition) is 4. The summed E-state index contributed by atoms with van der Waals surface area (Å²) in [6.45, 7) is 1.29. The van der Waals surface area contributed by atoms with Crippen LogP contribution in [-0.2, 0) is 24.4 Å². The van der Waals surface area contributed by atoms with Crippen molar-refractivity contribution >= 4 is 16.8 Å². The highest BCUT2D eigenvalue weighted by atomic mass is 16.3. The molecule has 0 saturated heterocycles. The summed E-state index contributed by atoms with van der Waals surface area (Å²) < 4.78 is 7.15. The van der Waals surface area contributed by atoms with E-state index < -0.39 is 0 Å². The summed E-state index contributed by atoms with van der Waals surface area (Å²) in [5.74, 6) is 0.732. The molecular formula is C23H21N3O3. The number of fused-ring (bicyclic) bond motifs is 1. The van der Waals surface area contributed by atoms with Crippen LogP contribution in [-0.4, -0.2) is 20.6 Å². The fourth-order valence-electron chi connectivity index (χ4n) is 3.33. The molecule has 0 aliphatic rings. The number of amides is 1. The molecule has 2 aromatic heterocycles. The lowest BCUT2D eigenvalue weighted by molar-refractivity contribution is -0.133. The van der Waals surface area contributed by atoms with Crippen molar-refractivity contribution in [2.24, 2.45) is 0 Å². The van der Waals surface area contributed by atoms with E-state index in [2.05, 4.69) is 5.10 Å². The molecule has 0 atom stereocenters. The van der Waals surface area contributed by atoms with Crippen molar-refractivity contribution < 1.29 is 9.21 Å². The van der Waals surface area contributed by atoms with Crippen LogP contribution in [0.25, 0.3) is 10.9 Å². The van der Waals surface area contributed by atoms with Crippen molar-refractivity contribution in [2.75, 3.05) is 0 Å². The Balaban J connectivity index is 1.52. The lowest BCUT2D eigenvalue weighted by Crippen LogP contribution is -2.31. The highest BCUT2D eigenvalue weighted by Crippen LogP contribution is 2.14. The number of carbonyl (C=O) groups excluding carboxylic acids is 1. The minimum absolute atomic E-state index is 0.00478. The molecule has 4 aromatic rings. The third-order valence-corrected chi connectivity index (χ3v) is 4.80. The van der Waals surface area contributed by atoms with Crippen LogP contribution in [0.5, 0.6) is 0 Å². The Morgan fingerprint density at radius 3 is 2.55 bits per heavy atom. The zero-order valence-corrected chi connectivity index (χ0v) is 15.9. The van der Waals surface area contributed by atoms with Crippen LogP contribution >= 0.6 is 0 Å². The highest BCUT2D eigenvalue weighted by Gasteiger charge is 2.16. The monoisotopic (exact) mass is 387 g/mol. The van der Waals surface area contributed by atoms with Crippen LogP contribution in [0.2, 0.25) is 0 Å². The normalized spacial score (nSPS) is 10.9. The third kappa shape index (κ3) is 4.43. The van der Waals surface area contributed by atoms with Gasteiger partial charge in [0, 0.05) is 18.4 Å². The Morgan fingerprint density at radius 2 is 1.76 bits per heavy atom. The van der Waals surface area contributed by atoms with Gasteiger partial charge in [-0.25, -0.2) is 0 Å². The van der Waals surface area contributed by atoms with Crippen LogP contribution < -0.4 is 5.43 Å². The van der Waals surface area contributed by atoms with E-state index in [0.29, 0.717) is 25.0 Å². The van der Waals surface area contributed by atoms with E-state index in [0.717, 1.165) is 16.8 Å². The van der Waals surface area contributed by atoms with Gasteiger partial charge in [0.05, 0.1) is 31.1 Å². The van der Waals surface area contributed by atoms with Gasteiger partial charge in [0.1, 0.15) is 5.76 Å². The molecule has 0 unspecified atom stereocenters. The average molecular weight is 387 g/mol. The number of aromatic nitrogens is 2. The van der Waals surface area contributed by atoms with E-state index in [9.17, 15) is 9.59 Å². The predicted octanol–water partition coefficient (Wildman–Crippen LogP) is 3.61. The van der Waals surface area contributed by atoms with Crippen LogP contribution in [0.3, 0.4) is 0 Å². The van der Waals surface area contributed by atoms with Crippen molar-refractivity contribution in [1.29, 1.82) is 0 Å². The summed E-state index contributed by atoms with van der Waals surface area (Å²) in [6, 6.07) is 20.9. The zero-order chi connectivity index (χ0) is 20.1. The first-order chi connectivity index (χ1) is 14.2. The van der Waals surface area contributed by atoms with E-state index in [-0.39, 0.29) is 17.8 Å². The Bertz CT molecular complexity index is 1150. The molecule has 6 nitrogen and oxygen atoms in total. The van der Waals surface area contributed by atoms with E-state index in [4.69, 9.17) is 4.42 Å². The largest absolute Gasteiger partial charge is 0.467 e. The standard InChI is InChI=1S/C23H21N3O3/c27-22-15-24-26(21-11-5-4-10-20(21)22)13-12-23(28)25(17-19-9-6-14-29-19)16-18-7-2-1-3-8-18/h1-11,14-15H,12-13,16-17H2. The molecule has 4 rings (SSSR count). The van der Waals surface area contributed by atoms with Gasteiger partial charge >= 0.3 is 0 Å². The zero-order valence-electron chi connectivity index (χ0n) is 15.9. The summed E-state index contributed by atoms with van der Waals surface area (Å²) >= 11 is 0. The minimum Gasteiger partial charge on any atom is -0.467 e. The van der Waals surface area contributed by atoms with E-state index in [1.165, 1.54) is 6.20 Å². The quantitative estimate of drug-likeness (QED) is 0.486. The van der Waals surface area contributed by atoms with Crippen LogP contribution in [0.4, 0.5) is 0 Å². The number of furan rings is 1. The molecule has 146 valence electrons. The third-order valence-electron chi connectivity index (χ3n) is 4.80. The summed E-state index contributed by atoms with van der Waals surface area (Å²) in [5.41, 5.74) is 1.67. The SMILES string of the molecule is O=C(CCn1ncc(=O)c2ccccc21)N(Cc1ccccc1)Cc1ccco1. The van der Waals surface area contributed by atoms with Gasteiger partial charge in [0.2, 0.25) is 11.3 Å². The van der Waals surface area contributed by atoms with Crippen molar-refractivity contribution in [1.82, 2.24) is 14.7 Å².